The lowest BCUT2D eigenvalue weighted by Crippen LogP contribution is -2.65. The number of ether oxygens (including phenoxy) is 1. The second-order valence-electron chi connectivity index (χ2n) is 5.11. The van der Waals surface area contributed by atoms with Gasteiger partial charge in [-0.2, -0.15) is 0 Å². The van der Waals surface area contributed by atoms with Crippen molar-refractivity contribution in [2.75, 3.05) is 13.2 Å². The minimum atomic E-state index is -1.13. The molecule has 0 aromatic heterocycles. The van der Waals surface area contributed by atoms with Crippen molar-refractivity contribution in [3.05, 3.63) is 0 Å². The summed E-state index contributed by atoms with van der Waals surface area (Å²) in [5, 5.41) is 19.7. The highest BCUT2D eigenvalue weighted by atomic mass is 16.5. The van der Waals surface area contributed by atoms with Crippen molar-refractivity contribution in [1.29, 1.82) is 0 Å². The summed E-state index contributed by atoms with van der Waals surface area (Å²) < 4.78 is 4.99. The number of carboxylic acids is 1. The Bertz CT molecular complexity index is 272. The summed E-state index contributed by atoms with van der Waals surface area (Å²) in [6.45, 7) is 2.40. The van der Waals surface area contributed by atoms with Crippen molar-refractivity contribution in [1.82, 2.24) is 0 Å². The lowest BCUT2D eigenvalue weighted by Gasteiger charge is -2.52. The molecule has 15 heavy (non-hydrogen) atoms. The Morgan fingerprint density at radius 2 is 2.13 bits per heavy atom. The van der Waals surface area contributed by atoms with Crippen LogP contribution < -0.4 is 0 Å². The van der Waals surface area contributed by atoms with Gasteiger partial charge in [-0.25, -0.2) is 0 Å². The zero-order chi connectivity index (χ0) is 11.1. The van der Waals surface area contributed by atoms with E-state index in [2.05, 4.69) is 6.92 Å². The minimum absolute atomic E-state index is 0.173. The molecule has 0 amide bonds. The van der Waals surface area contributed by atoms with E-state index in [0.29, 0.717) is 18.8 Å². The third-order valence-electron chi connectivity index (χ3n) is 3.98. The maximum absolute atomic E-state index is 11.4. The van der Waals surface area contributed by atoms with Crippen molar-refractivity contribution < 1.29 is 19.7 Å². The highest BCUT2D eigenvalue weighted by Gasteiger charge is 2.60. The molecular weight excluding hydrogens is 196 g/mol. The Balaban J connectivity index is 2.27. The highest BCUT2D eigenvalue weighted by molar-refractivity contribution is 5.77. The van der Waals surface area contributed by atoms with Gasteiger partial charge in [-0.3, -0.25) is 4.79 Å². The number of aliphatic carboxylic acids is 1. The molecule has 2 N–H and O–H groups in total. The van der Waals surface area contributed by atoms with Crippen LogP contribution in [0.1, 0.15) is 32.6 Å². The van der Waals surface area contributed by atoms with Crippen LogP contribution in [0.3, 0.4) is 0 Å². The fourth-order valence-corrected chi connectivity index (χ4v) is 2.94. The fraction of sp³-hybridized carbons (Fsp3) is 0.909. The third kappa shape index (κ3) is 1.47. The van der Waals surface area contributed by atoms with Gasteiger partial charge >= 0.3 is 5.97 Å². The van der Waals surface area contributed by atoms with Crippen LogP contribution >= 0.6 is 0 Å². The second kappa shape index (κ2) is 3.46. The van der Waals surface area contributed by atoms with E-state index in [-0.39, 0.29) is 13.2 Å². The van der Waals surface area contributed by atoms with E-state index in [1.807, 2.05) is 0 Å². The van der Waals surface area contributed by atoms with Crippen LogP contribution in [0.4, 0.5) is 0 Å². The van der Waals surface area contributed by atoms with Crippen LogP contribution in [0.25, 0.3) is 0 Å². The summed E-state index contributed by atoms with van der Waals surface area (Å²) in [6.07, 6.45) is 3.09. The van der Waals surface area contributed by atoms with Gasteiger partial charge in [-0.15, -0.1) is 0 Å². The molecule has 0 bridgehead atoms. The lowest BCUT2D eigenvalue weighted by molar-refractivity contribution is -0.253. The molecule has 86 valence electrons. The first-order chi connectivity index (χ1) is 7.00. The van der Waals surface area contributed by atoms with Gasteiger partial charge in [-0.05, 0) is 18.8 Å². The number of rotatable bonds is 2. The quantitative estimate of drug-likeness (QED) is 0.720. The van der Waals surface area contributed by atoms with Crippen LogP contribution in [-0.2, 0) is 9.53 Å². The normalized spacial score (nSPS) is 39.5. The maximum atomic E-state index is 11.4. The number of carbonyl (C=O) groups is 1. The second-order valence-corrected chi connectivity index (χ2v) is 5.11. The topological polar surface area (TPSA) is 66.8 Å². The Kier molecular flexibility index (Phi) is 2.51. The molecule has 1 saturated carbocycles. The molecule has 0 radical (unpaired) electrons. The first kappa shape index (κ1) is 10.9. The predicted octanol–water partition coefficient (Wildman–Crippen LogP) is 1.03. The first-order valence-corrected chi connectivity index (χ1v) is 5.54. The molecule has 2 atom stereocenters. The van der Waals surface area contributed by atoms with Crippen molar-refractivity contribution in [2.24, 2.45) is 11.3 Å². The average molecular weight is 214 g/mol. The summed E-state index contributed by atoms with van der Waals surface area (Å²) in [4.78, 5) is 11.4. The monoisotopic (exact) mass is 214 g/mol. The maximum Gasteiger partial charge on any atom is 0.312 e. The van der Waals surface area contributed by atoms with Gasteiger partial charge in [0.2, 0.25) is 0 Å². The number of aliphatic hydroxyl groups is 1. The Morgan fingerprint density at radius 3 is 2.53 bits per heavy atom. The summed E-state index contributed by atoms with van der Waals surface area (Å²) in [5.74, 6) is -0.487. The molecule has 0 spiro atoms. The smallest absolute Gasteiger partial charge is 0.312 e. The van der Waals surface area contributed by atoms with Gasteiger partial charge in [0.15, 0.2) is 0 Å². The summed E-state index contributed by atoms with van der Waals surface area (Å²) in [7, 11) is 0. The SMILES string of the molecule is CC1CCCC(C(=O)O)(C2(O)COC2)C1. The summed E-state index contributed by atoms with van der Waals surface area (Å²) in [5.41, 5.74) is -2.10. The molecule has 1 saturated heterocycles. The number of hydrogen-bond acceptors (Lipinski definition) is 3. The van der Waals surface area contributed by atoms with Gasteiger partial charge in [0.25, 0.3) is 0 Å². The minimum Gasteiger partial charge on any atom is -0.481 e. The number of hydrogen-bond donors (Lipinski definition) is 2. The van der Waals surface area contributed by atoms with E-state index in [1.54, 1.807) is 0 Å². The molecule has 4 nitrogen and oxygen atoms in total. The average Bonchev–Trinajstić information content (AvgIpc) is 2.13. The molecule has 2 aliphatic rings. The summed E-state index contributed by atoms with van der Waals surface area (Å²) >= 11 is 0. The van der Waals surface area contributed by atoms with Gasteiger partial charge in [0, 0.05) is 0 Å². The molecule has 2 fully saturated rings. The van der Waals surface area contributed by atoms with E-state index < -0.39 is 17.0 Å². The van der Waals surface area contributed by atoms with E-state index >= 15 is 0 Å². The zero-order valence-corrected chi connectivity index (χ0v) is 9.03. The standard InChI is InChI=1S/C11H18O4/c1-8-3-2-4-10(5-8,9(12)13)11(14)6-15-7-11/h8,14H,2-7H2,1H3,(H,12,13). The molecule has 1 aliphatic heterocycles. The Labute approximate surface area is 89.2 Å². The number of carboxylic acid groups (broad SMARTS) is 1. The van der Waals surface area contributed by atoms with Crippen molar-refractivity contribution in [2.45, 2.75) is 38.2 Å². The largest absolute Gasteiger partial charge is 0.481 e. The van der Waals surface area contributed by atoms with Gasteiger partial charge in [0.05, 0.1) is 13.2 Å². The van der Waals surface area contributed by atoms with Crippen LogP contribution in [-0.4, -0.2) is 35.0 Å². The van der Waals surface area contributed by atoms with Gasteiger partial charge in [0.1, 0.15) is 11.0 Å². The van der Waals surface area contributed by atoms with Crippen LogP contribution in [0, 0.1) is 11.3 Å². The van der Waals surface area contributed by atoms with E-state index in [1.165, 1.54) is 0 Å². The Hall–Kier alpha value is -0.610. The molecule has 1 aliphatic carbocycles. The third-order valence-corrected chi connectivity index (χ3v) is 3.98. The predicted molar refractivity (Wildman–Crippen MR) is 53.5 cm³/mol. The van der Waals surface area contributed by atoms with Crippen molar-refractivity contribution in [3.63, 3.8) is 0 Å². The molecule has 4 heteroatoms. The van der Waals surface area contributed by atoms with E-state index in [9.17, 15) is 15.0 Å². The molecule has 2 unspecified atom stereocenters. The molecule has 0 aromatic rings. The lowest BCUT2D eigenvalue weighted by atomic mass is 9.60. The van der Waals surface area contributed by atoms with E-state index in [0.717, 1.165) is 12.8 Å². The summed E-state index contributed by atoms with van der Waals surface area (Å²) in [6, 6.07) is 0. The van der Waals surface area contributed by atoms with Crippen LogP contribution in [0.5, 0.6) is 0 Å². The van der Waals surface area contributed by atoms with Crippen molar-refractivity contribution in [3.8, 4) is 0 Å². The molecular formula is C11H18O4. The molecule has 1 heterocycles. The van der Waals surface area contributed by atoms with Crippen LogP contribution in [0.15, 0.2) is 0 Å². The fourth-order valence-electron chi connectivity index (χ4n) is 2.94. The Morgan fingerprint density at radius 1 is 1.47 bits per heavy atom. The molecule has 0 aromatic carbocycles. The van der Waals surface area contributed by atoms with Gasteiger partial charge < -0.3 is 14.9 Å². The first-order valence-electron chi connectivity index (χ1n) is 5.54. The highest BCUT2D eigenvalue weighted by Crippen LogP contribution is 2.49. The van der Waals surface area contributed by atoms with Gasteiger partial charge in [-0.1, -0.05) is 19.8 Å². The van der Waals surface area contributed by atoms with Crippen molar-refractivity contribution >= 4 is 5.97 Å². The molecule has 2 rings (SSSR count). The zero-order valence-electron chi connectivity index (χ0n) is 9.03. The van der Waals surface area contributed by atoms with Crippen LogP contribution in [0.2, 0.25) is 0 Å². The van der Waals surface area contributed by atoms with E-state index in [4.69, 9.17) is 4.74 Å².